The third-order valence-electron chi connectivity index (χ3n) is 1.59. The van der Waals surface area contributed by atoms with Gasteiger partial charge < -0.3 is 15.2 Å². The van der Waals surface area contributed by atoms with Gasteiger partial charge in [-0.25, -0.2) is 0 Å². The maximum Gasteiger partial charge on any atom is 0.0932 e. The van der Waals surface area contributed by atoms with Gasteiger partial charge in [-0.2, -0.15) is 0 Å². The quantitative estimate of drug-likeness (QED) is 0.570. The van der Waals surface area contributed by atoms with Crippen molar-refractivity contribution in [3.63, 3.8) is 0 Å². The number of rotatable bonds is 1. The number of nitrogens with two attached hydrogens (primary N) is 1. The van der Waals surface area contributed by atoms with E-state index in [1.165, 1.54) is 0 Å². The van der Waals surface area contributed by atoms with E-state index in [0.717, 1.165) is 0 Å². The van der Waals surface area contributed by atoms with Gasteiger partial charge in [0, 0.05) is 6.54 Å². The van der Waals surface area contributed by atoms with Gasteiger partial charge in [-0.1, -0.05) is 0 Å². The second-order valence-corrected chi connectivity index (χ2v) is 3.24. The maximum absolute atomic E-state index is 5.46. The van der Waals surface area contributed by atoms with Gasteiger partial charge in [0.25, 0.3) is 0 Å². The fourth-order valence-corrected chi connectivity index (χ4v) is 0.863. The van der Waals surface area contributed by atoms with E-state index in [-0.39, 0.29) is 11.7 Å². The molecule has 1 aliphatic rings. The Morgan fingerprint density at radius 1 is 1.60 bits per heavy atom. The first kappa shape index (κ1) is 7.98. The van der Waals surface area contributed by atoms with Crippen molar-refractivity contribution < 1.29 is 9.47 Å². The SMILES string of the molecule is CC1(C)CO[C@H](CN)CO1. The summed E-state index contributed by atoms with van der Waals surface area (Å²) in [5.41, 5.74) is 5.27. The molecule has 1 rings (SSSR count). The lowest BCUT2D eigenvalue weighted by Gasteiger charge is -2.34. The van der Waals surface area contributed by atoms with E-state index >= 15 is 0 Å². The molecule has 0 saturated carbocycles. The molecule has 0 aromatic heterocycles. The summed E-state index contributed by atoms with van der Waals surface area (Å²) in [6.07, 6.45) is 0.105. The van der Waals surface area contributed by atoms with Crippen LogP contribution in [-0.4, -0.2) is 31.5 Å². The molecule has 1 atom stereocenters. The third-order valence-corrected chi connectivity index (χ3v) is 1.59. The summed E-state index contributed by atoms with van der Waals surface area (Å²) in [5, 5.41) is 0. The highest BCUT2D eigenvalue weighted by Crippen LogP contribution is 2.16. The van der Waals surface area contributed by atoms with Crippen molar-refractivity contribution in [3.05, 3.63) is 0 Å². The Hall–Kier alpha value is -0.120. The van der Waals surface area contributed by atoms with Crippen LogP contribution < -0.4 is 5.73 Å². The Bertz CT molecular complexity index is 104. The molecule has 0 unspecified atom stereocenters. The zero-order chi connectivity index (χ0) is 7.61. The minimum absolute atomic E-state index is 0.105. The lowest BCUT2D eigenvalue weighted by atomic mass is 10.1. The van der Waals surface area contributed by atoms with Crippen molar-refractivity contribution in [3.8, 4) is 0 Å². The largest absolute Gasteiger partial charge is 0.372 e. The average molecular weight is 145 g/mol. The topological polar surface area (TPSA) is 44.5 Å². The maximum atomic E-state index is 5.46. The first-order valence-electron chi connectivity index (χ1n) is 3.60. The molecule has 1 aliphatic heterocycles. The molecule has 1 fully saturated rings. The minimum Gasteiger partial charge on any atom is -0.372 e. The van der Waals surface area contributed by atoms with Crippen molar-refractivity contribution in [2.45, 2.75) is 25.6 Å². The molecule has 0 amide bonds. The fourth-order valence-electron chi connectivity index (χ4n) is 0.863. The smallest absolute Gasteiger partial charge is 0.0932 e. The standard InChI is InChI=1S/C7H15NO2/c1-7(2)5-9-6(3-8)4-10-7/h6H,3-5,8H2,1-2H3/t6-/m1/s1. The molecule has 3 heteroatoms. The lowest BCUT2D eigenvalue weighted by Crippen LogP contribution is -2.45. The molecule has 0 spiro atoms. The van der Waals surface area contributed by atoms with Gasteiger partial charge in [0.1, 0.15) is 0 Å². The summed E-state index contributed by atoms with van der Waals surface area (Å²) >= 11 is 0. The predicted octanol–water partition coefficient (Wildman–Crippen LogP) is 0.139. The van der Waals surface area contributed by atoms with Gasteiger partial charge in [0.05, 0.1) is 24.9 Å². The van der Waals surface area contributed by atoms with Crippen molar-refractivity contribution in [1.29, 1.82) is 0 Å². The Labute approximate surface area is 61.5 Å². The van der Waals surface area contributed by atoms with E-state index < -0.39 is 0 Å². The average Bonchev–Trinajstić information content (AvgIpc) is 1.88. The van der Waals surface area contributed by atoms with E-state index in [1.807, 2.05) is 13.8 Å². The van der Waals surface area contributed by atoms with Gasteiger partial charge in [0.15, 0.2) is 0 Å². The van der Waals surface area contributed by atoms with Crippen molar-refractivity contribution >= 4 is 0 Å². The molecule has 0 aromatic carbocycles. The predicted molar refractivity (Wildman–Crippen MR) is 38.8 cm³/mol. The van der Waals surface area contributed by atoms with E-state index in [2.05, 4.69) is 0 Å². The van der Waals surface area contributed by atoms with E-state index in [0.29, 0.717) is 19.8 Å². The fraction of sp³-hybridized carbons (Fsp3) is 1.00. The first-order valence-corrected chi connectivity index (χ1v) is 3.60. The second kappa shape index (κ2) is 2.86. The number of ether oxygens (including phenoxy) is 2. The molecule has 10 heavy (non-hydrogen) atoms. The molecule has 2 N–H and O–H groups in total. The van der Waals surface area contributed by atoms with Crippen LogP contribution in [-0.2, 0) is 9.47 Å². The Morgan fingerprint density at radius 3 is 2.70 bits per heavy atom. The summed E-state index contributed by atoms with van der Waals surface area (Å²) in [7, 11) is 0. The zero-order valence-electron chi connectivity index (χ0n) is 6.59. The van der Waals surface area contributed by atoms with Crippen LogP contribution in [0.5, 0.6) is 0 Å². The van der Waals surface area contributed by atoms with Crippen molar-refractivity contribution in [2.75, 3.05) is 19.8 Å². The summed E-state index contributed by atoms with van der Waals surface area (Å²) in [5.74, 6) is 0. The van der Waals surface area contributed by atoms with Crippen LogP contribution in [0.2, 0.25) is 0 Å². The van der Waals surface area contributed by atoms with Crippen LogP contribution in [0.4, 0.5) is 0 Å². The molecule has 0 aliphatic carbocycles. The Kier molecular flexibility index (Phi) is 2.28. The molecule has 0 bridgehead atoms. The van der Waals surface area contributed by atoms with Crippen LogP contribution in [0.25, 0.3) is 0 Å². The molecular weight excluding hydrogens is 130 g/mol. The minimum atomic E-state index is -0.119. The molecule has 1 heterocycles. The number of hydrogen-bond acceptors (Lipinski definition) is 3. The van der Waals surface area contributed by atoms with Crippen molar-refractivity contribution in [2.24, 2.45) is 5.73 Å². The Balaban J connectivity index is 2.31. The van der Waals surface area contributed by atoms with Crippen molar-refractivity contribution in [1.82, 2.24) is 0 Å². The van der Waals surface area contributed by atoms with Gasteiger partial charge >= 0.3 is 0 Å². The van der Waals surface area contributed by atoms with Gasteiger partial charge in [-0.3, -0.25) is 0 Å². The van der Waals surface area contributed by atoms with Crippen LogP contribution in [0.1, 0.15) is 13.8 Å². The van der Waals surface area contributed by atoms with E-state index in [9.17, 15) is 0 Å². The van der Waals surface area contributed by atoms with E-state index in [4.69, 9.17) is 15.2 Å². The summed E-state index contributed by atoms with van der Waals surface area (Å²) in [4.78, 5) is 0. The molecule has 0 radical (unpaired) electrons. The molecule has 0 aromatic rings. The molecule has 60 valence electrons. The zero-order valence-corrected chi connectivity index (χ0v) is 6.59. The normalized spacial score (nSPS) is 32.1. The van der Waals surface area contributed by atoms with Crippen LogP contribution in [0.15, 0.2) is 0 Å². The lowest BCUT2D eigenvalue weighted by molar-refractivity contribution is -0.171. The van der Waals surface area contributed by atoms with Crippen LogP contribution in [0.3, 0.4) is 0 Å². The highest BCUT2D eigenvalue weighted by atomic mass is 16.6. The summed E-state index contributed by atoms with van der Waals surface area (Å²) in [6.45, 7) is 5.86. The highest BCUT2D eigenvalue weighted by Gasteiger charge is 2.27. The number of hydrogen-bond donors (Lipinski definition) is 1. The highest BCUT2D eigenvalue weighted by molar-refractivity contribution is 4.75. The Morgan fingerprint density at radius 2 is 2.30 bits per heavy atom. The van der Waals surface area contributed by atoms with E-state index in [1.54, 1.807) is 0 Å². The monoisotopic (exact) mass is 145 g/mol. The molecule has 3 nitrogen and oxygen atoms in total. The second-order valence-electron chi connectivity index (χ2n) is 3.24. The summed E-state index contributed by atoms with van der Waals surface area (Å²) in [6, 6.07) is 0. The van der Waals surface area contributed by atoms with Crippen LogP contribution in [0, 0.1) is 0 Å². The van der Waals surface area contributed by atoms with Gasteiger partial charge in [-0.15, -0.1) is 0 Å². The van der Waals surface area contributed by atoms with Gasteiger partial charge in [-0.05, 0) is 13.8 Å². The third kappa shape index (κ3) is 1.94. The molecule has 1 saturated heterocycles. The first-order chi connectivity index (χ1) is 4.64. The summed E-state index contributed by atoms with van der Waals surface area (Å²) < 4.78 is 10.9. The molecular formula is C7H15NO2. The van der Waals surface area contributed by atoms with Crippen LogP contribution >= 0.6 is 0 Å². The van der Waals surface area contributed by atoms with Gasteiger partial charge in [0.2, 0.25) is 0 Å².